The molecule has 38 heavy (non-hydrogen) atoms. The molecule has 0 bridgehead atoms. The molecule has 2 fully saturated rings. The number of fused-ring (bicyclic) bond motifs is 3. The van der Waals surface area contributed by atoms with Gasteiger partial charge in [-0.25, -0.2) is 4.99 Å². The van der Waals surface area contributed by atoms with Gasteiger partial charge < -0.3 is 36.8 Å². The zero-order valence-electron chi connectivity index (χ0n) is 21.1. The number of benzene rings is 1. The first-order chi connectivity index (χ1) is 17.9. The molecule has 1 saturated carbocycles. The number of amides is 1. The first kappa shape index (κ1) is 25.7. The minimum Gasteiger partial charge on any atom is -0.508 e. The smallest absolute Gasteiger partial charge is 0.255 e. The monoisotopic (exact) mass is 525 g/mol. The third-order valence-electron chi connectivity index (χ3n) is 8.24. The molecule has 0 spiro atoms. The van der Waals surface area contributed by atoms with Crippen molar-refractivity contribution >= 4 is 34.9 Å². The van der Waals surface area contributed by atoms with Crippen molar-refractivity contribution in [3.8, 4) is 5.75 Å². The maximum atomic E-state index is 13.9. The van der Waals surface area contributed by atoms with Crippen LogP contribution in [-0.4, -0.2) is 92.5 Å². The van der Waals surface area contributed by atoms with E-state index in [0.29, 0.717) is 17.2 Å². The summed E-state index contributed by atoms with van der Waals surface area (Å²) in [5, 5.41) is 44.5. The minimum absolute atomic E-state index is 0.00613. The van der Waals surface area contributed by atoms with Crippen LogP contribution in [0.5, 0.6) is 5.75 Å². The van der Waals surface area contributed by atoms with Crippen LogP contribution in [0.25, 0.3) is 5.76 Å². The highest BCUT2D eigenvalue weighted by atomic mass is 16.3. The zero-order valence-corrected chi connectivity index (χ0v) is 21.1. The summed E-state index contributed by atoms with van der Waals surface area (Å²) in [6.07, 6.45) is 2.15. The summed E-state index contributed by atoms with van der Waals surface area (Å²) < 4.78 is 0. The second-order valence-corrected chi connectivity index (χ2v) is 10.6. The van der Waals surface area contributed by atoms with Gasteiger partial charge in [-0.3, -0.25) is 19.3 Å². The highest BCUT2D eigenvalue weighted by Gasteiger charge is 2.64. The van der Waals surface area contributed by atoms with Gasteiger partial charge >= 0.3 is 0 Å². The molecular weight excluding hydrogens is 494 g/mol. The SMILES string of the molecule is CN(C)[C@H]1C(=O)C(C(N)=O)=C(O)[C@]2(O)C(=O)C3=C(O)c4c(O)ccc(N=C(N)N5CCCC5)c4C[C@@H]3C[C@H]12. The number of carbonyl (C=O) groups excluding carboxylic acids is 3. The van der Waals surface area contributed by atoms with Gasteiger partial charge in [-0.05, 0) is 63.4 Å². The van der Waals surface area contributed by atoms with Crippen LogP contribution in [0.2, 0.25) is 0 Å². The highest BCUT2D eigenvalue weighted by molar-refractivity contribution is 6.24. The predicted octanol–water partition coefficient (Wildman–Crippen LogP) is 0.00600. The summed E-state index contributed by atoms with van der Waals surface area (Å²) >= 11 is 0. The molecule has 4 aliphatic rings. The average Bonchev–Trinajstić information content (AvgIpc) is 3.38. The number of ketones is 2. The van der Waals surface area contributed by atoms with Gasteiger partial charge in [-0.2, -0.15) is 0 Å². The van der Waals surface area contributed by atoms with E-state index in [1.165, 1.54) is 11.0 Å². The molecule has 8 N–H and O–H groups in total. The van der Waals surface area contributed by atoms with E-state index in [-0.39, 0.29) is 29.7 Å². The average molecular weight is 526 g/mol. The summed E-state index contributed by atoms with van der Waals surface area (Å²) in [4.78, 5) is 47.1. The Labute approximate surface area is 218 Å². The van der Waals surface area contributed by atoms with Crippen LogP contribution in [0, 0.1) is 11.8 Å². The van der Waals surface area contributed by atoms with E-state index in [1.807, 2.05) is 4.90 Å². The van der Waals surface area contributed by atoms with Gasteiger partial charge in [-0.1, -0.05) is 0 Å². The first-order valence-corrected chi connectivity index (χ1v) is 12.5. The number of phenolic OH excluding ortho intramolecular Hbond substituents is 1. The van der Waals surface area contributed by atoms with E-state index in [2.05, 4.69) is 4.99 Å². The number of nitrogens with two attached hydrogens (primary N) is 2. The number of hydrogen-bond acceptors (Lipinski definition) is 9. The maximum absolute atomic E-state index is 13.9. The number of likely N-dealkylation sites (N-methyl/N-ethyl adjacent to an activating group) is 1. The number of guanidine groups is 1. The van der Waals surface area contributed by atoms with Gasteiger partial charge in [0.15, 0.2) is 17.3 Å². The topological polar surface area (TPSA) is 203 Å². The molecule has 12 nitrogen and oxygen atoms in total. The van der Waals surface area contributed by atoms with Crippen LogP contribution in [0.15, 0.2) is 34.0 Å². The molecule has 0 radical (unpaired) electrons. The fourth-order valence-corrected chi connectivity index (χ4v) is 6.47. The third-order valence-corrected chi connectivity index (χ3v) is 8.24. The number of nitrogens with zero attached hydrogens (tertiary/aromatic N) is 3. The van der Waals surface area contributed by atoms with Crippen LogP contribution < -0.4 is 11.5 Å². The lowest BCUT2D eigenvalue weighted by molar-refractivity contribution is -0.153. The molecule has 1 aromatic rings. The van der Waals surface area contributed by atoms with Crippen LogP contribution in [0.1, 0.15) is 30.4 Å². The lowest BCUT2D eigenvalue weighted by atomic mass is 9.57. The van der Waals surface area contributed by atoms with Gasteiger partial charge in [0.05, 0.1) is 17.3 Å². The Hall–Kier alpha value is -3.90. The van der Waals surface area contributed by atoms with Gasteiger partial charge in [0, 0.05) is 24.6 Å². The number of aliphatic imine (C=N–C) groups is 1. The van der Waals surface area contributed by atoms with Gasteiger partial charge in [0.1, 0.15) is 22.8 Å². The molecule has 4 atom stereocenters. The minimum atomic E-state index is -2.67. The number of primary amides is 1. The van der Waals surface area contributed by atoms with Crippen LogP contribution in [-0.2, 0) is 20.8 Å². The van der Waals surface area contributed by atoms with Crippen molar-refractivity contribution in [3.05, 3.63) is 40.2 Å². The number of aliphatic hydroxyl groups excluding tert-OH is 2. The van der Waals surface area contributed by atoms with Crippen molar-refractivity contribution in [1.29, 1.82) is 0 Å². The Morgan fingerprint density at radius 2 is 1.79 bits per heavy atom. The van der Waals surface area contributed by atoms with Crippen molar-refractivity contribution in [2.45, 2.75) is 37.3 Å². The number of aromatic hydroxyl groups is 1. The Balaban J connectivity index is 1.68. The van der Waals surface area contributed by atoms with Gasteiger partial charge in [0.2, 0.25) is 5.78 Å². The predicted molar refractivity (Wildman–Crippen MR) is 136 cm³/mol. The quantitative estimate of drug-likeness (QED) is 0.177. The van der Waals surface area contributed by atoms with E-state index in [0.717, 1.165) is 25.9 Å². The van der Waals surface area contributed by atoms with Crippen LogP contribution in [0.4, 0.5) is 5.69 Å². The van der Waals surface area contributed by atoms with Crippen molar-refractivity contribution in [2.24, 2.45) is 28.3 Å². The van der Waals surface area contributed by atoms with Crippen molar-refractivity contribution in [1.82, 2.24) is 9.80 Å². The molecule has 5 rings (SSSR count). The molecule has 0 unspecified atom stereocenters. The van der Waals surface area contributed by atoms with E-state index >= 15 is 0 Å². The van der Waals surface area contributed by atoms with Crippen molar-refractivity contribution < 1.29 is 34.8 Å². The molecule has 1 heterocycles. The lowest BCUT2D eigenvalue weighted by Crippen LogP contribution is -2.65. The fraction of sp³-hybridized carbons (Fsp3) is 0.462. The Morgan fingerprint density at radius 1 is 1.13 bits per heavy atom. The Morgan fingerprint density at radius 3 is 2.39 bits per heavy atom. The van der Waals surface area contributed by atoms with Gasteiger partial charge in [-0.15, -0.1) is 0 Å². The fourth-order valence-electron chi connectivity index (χ4n) is 6.47. The van der Waals surface area contributed by atoms with Crippen LogP contribution in [0.3, 0.4) is 0 Å². The largest absolute Gasteiger partial charge is 0.508 e. The number of aliphatic hydroxyl groups is 3. The van der Waals surface area contributed by atoms with E-state index in [1.54, 1.807) is 20.2 Å². The number of Topliss-reactive ketones (excluding diaryl/α,β-unsaturated/α-hetero) is 2. The van der Waals surface area contributed by atoms with Crippen molar-refractivity contribution in [3.63, 3.8) is 0 Å². The molecule has 0 aromatic heterocycles. The molecule has 202 valence electrons. The summed E-state index contributed by atoms with van der Waals surface area (Å²) in [6, 6.07) is 1.78. The van der Waals surface area contributed by atoms with Gasteiger partial charge in [0.25, 0.3) is 5.91 Å². The summed E-state index contributed by atoms with van der Waals surface area (Å²) in [7, 11) is 3.11. The van der Waals surface area contributed by atoms with Crippen LogP contribution >= 0.6 is 0 Å². The number of likely N-dealkylation sites (tertiary alicyclic amines) is 1. The highest BCUT2D eigenvalue weighted by Crippen LogP contribution is 2.53. The van der Waals surface area contributed by atoms with E-state index < -0.39 is 58.0 Å². The molecule has 1 aromatic carbocycles. The molecule has 3 aliphatic carbocycles. The number of hydrogen-bond donors (Lipinski definition) is 6. The van der Waals surface area contributed by atoms with E-state index in [9.17, 15) is 34.8 Å². The second-order valence-electron chi connectivity index (χ2n) is 10.6. The lowest BCUT2D eigenvalue weighted by Gasteiger charge is -2.50. The maximum Gasteiger partial charge on any atom is 0.255 e. The normalized spacial score (nSPS) is 29.5. The summed E-state index contributed by atoms with van der Waals surface area (Å²) in [5.41, 5.74) is 8.73. The molecule has 1 saturated heterocycles. The van der Waals surface area contributed by atoms with Crippen molar-refractivity contribution in [2.75, 3.05) is 27.2 Å². The number of carbonyl (C=O) groups is 3. The summed E-state index contributed by atoms with van der Waals surface area (Å²) in [5.74, 6) is -6.61. The zero-order chi connectivity index (χ0) is 27.7. The van der Waals surface area contributed by atoms with E-state index in [4.69, 9.17) is 11.5 Å². The molecule has 12 heteroatoms. The molecule has 1 amide bonds. The second kappa shape index (κ2) is 8.84. The third kappa shape index (κ3) is 3.51. The first-order valence-electron chi connectivity index (χ1n) is 12.5. The number of rotatable bonds is 3. The summed E-state index contributed by atoms with van der Waals surface area (Å²) in [6.45, 7) is 1.54. The Bertz CT molecular complexity index is 1360. The molecule has 1 aliphatic heterocycles. The standard InChI is InChI=1S/C26H31N5O7/c1-30(2)19-13-10-11-9-12-14(29-25(28)31-7-3-4-8-31)5-6-15(32)17(12)20(33)16(11)22(35)26(13,38)23(36)18(21(19)34)24(27)37/h5-6,11,13,19,32-33,36,38H,3-4,7-10H2,1-2H3,(H2,27,37)(H2,28,29)/t11-,13-,19-,26-/m1/s1. The number of phenols is 1. The molecular formula is C26H31N5O7. The Kier molecular flexibility index (Phi) is 5.99.